The van der Waals surface area contributed by atoms with Gasteiger partial charge in [0.1, 0.15) is 0 Å². The van der Waals surface area contributed by atoms with Crippen molar-refractivity contribution >= 4 is 39.7 Å². The summed E-state index contributed by atoms with van der Waals surface area (Å²) >= 11 is 0. The molecule has 3 aromatic rings. The molecule has 2 amide bonds. The highest BCUT2D eigenvalue weighted by molar-refractivity contribution is 7.89. The van der Waals surface area contributed by atoms with Crippen molar-refractivity contribution in [2.45, 2.75) is 11.3 Å². The summed E-state index contributed by atoms with van der Waals surface area (Å²) in [6.07, 6.45) is 2.59. The number of rotatable bonds is 5. The van der Waals surface area contributed by atoms with Crippen LogP contribution in [0.15, 0.2) is 59.6 Å². The van der Waals surface area contributed by atoms with Crippen LogP contribution < -0.4 is 10.2 Å². The van der Waals surface area contributed by atoms with E-state index in [0.29, 0.717) is 30.4 Å². The second-order valence-electron chi connectivity index (χ2n) is 8.41. The molecule has 0 aliphatic carbocycles. The first-order chi connectivity index (χ1) is 16.9. The van der Waals surface area contributed by atoms with E-state index in [1.165, 1.54) is 16.4 Å². The van der Waals surface area contributed by atoms with E-state index in [1.54, 1.807) is 35.2 Å². The molecule has 180 valence electrons. The highest BCUT2D eigenvalue weighted by Crippen LogP contribution is 2.35. The summed E-state index contributed by atoms with van der Waals surface area (Å²) in [6, 6.07) is 14.0. The Hall–Kier alpha value is -3.83. The minimum atomic E-state index is -3.65. The van der Waals surface area contributed by atoms with Crippen LogP contribution in [0.5, 0.6) is 0 Å². The standard InChI is InChI=1S/C24H24N6O4S/c1-28-21-5-3-2-4-20(21)23-17(14-22(28)32)15-25-24(27-23)26-18-6-8-19(9-7-18)35(33,34)30-12-10-29(16-31)11-13-30/h2-9,15-16H,10-14H2,1H3,(H,25,26,27). The number of hydrogen-bond donors (Lipinski definition) is 1. The lowest BCUT2D eigenvalue weighted by Gasteiger charge is -2.31. The number of amides is 2. The number of anilines is 3. The minimum absolute atomic E-state index is 0.0371. The summed E-state index contributed by atoms with van der Waals surface area (Å²) in [5.41, 5.74) is 3.68. The maximum Gasteiger partial charge on any atom is 0.243 e. The van der Waals surface area contributed by atoms with Crippen LogP contribution >= 0.6 is 0 Å². The average Bonchev–Trinajstić information content (AvgIpc) is 2.99. The molecule has 2 aromatic carbocycles. The van der Waals surface area contributed by atoms with E-state index in [1.807, 2.05) is 24.3 Å². The van der Waals surface area contributed by atoms with Gasteiger partial charge in [0.05, 0.1) is 22.7 Å². The Bertz CT molecular complexity index is 1390. The van der Waals surface area contributed by atoms with Gasteiger partial charge in [0.2, 0.25) is 28.3 Å². The number of carbonyl (C=O) groups is 2. The first-order valence-corrected chi connectivity index (χ1v) is 12.6. The van der Waals surface area contributed by atoms with Gasteiger partial charge >= 0.3 is 0 Å². The molecule has 0 spiro atoms. The van der Waals surface area contributed by atoms with Crippen LogP contribution in [-0.4, -0.2) is 73.1 Å². The van der Waals surface area contributed by atoms with Gasteiger partial charge < -0.3 is 15.1 Å². The third-order valence-electron chi connectivity index (χ3n) is 6.27. The SMILES string of the molecule is CN1C(=O)Cc2cnc(Nc3ccc(S(=O)(=O)N4CCN(C=O)CC4)cc3)nc2-c2ccccc21. The number of sulfonamides is 1. The highest BCUT2D eigenvalue weighted by Gasteiger charge is 2.28. The van der Waals surface area contributed by atoms with Gasteiger partial charge in [0, 0.05) is 56.2 Å². The molecule has 0 radical (unpaired) electrons. The molecule has 0 atom stereocenters. The van der Waals surface area contributed by atoms with Gasteiger partial charge in [-0.3, -0.25) is 9.59 Å². The largest absolute Gasteiger partial charge is 0.343 e. The lowest BCUT2D eigenvalue weighted by Crippen LogP contribution is -2.47. The quantitative estimate of drug-likeness (QED) is 0.541. The molecule has 0 saturated carbocycles. The van der Waals surface area contributed by atoms with Crippen molar-refractivity contribution in [1.82, 2.24) is 19.2 Å². The predicted molar refractivity (Wildman–Crippen MR) is 131 cm³/mol. The van der Waals surface area contributed by atoms with Crippen LogP contribution in [0, 0.1) is 0 Å². The topological polar surface area (TPSA) is 116 Å². The summed E-state index contributed by atoms with van der Waals surface area (Å²) in [4.78, 5) is 35.9. The Kier molecular flexibility index (Phi) is 5.95. The molecule has 2 aliphatic heterocycles. The molecule has 35 heavy (non-hydrogen) atoms. The molecule has 1 saturated heterocycles. The predicted octanol–water partition coefficient (Wildman–Crippen LogP) is 1.87. The van der Waals surface area contributed by atoms with Crippen LogP contribution in [0.25, 0.3) is 11.3 Å². The second-order valence-corrected chi connectivity index (χ2v) is 10.3. The number of likely N-dealkylation sites (N-methyl/N-ethyl adjacent to an activating group) is 1. The molecule has 1 aromatic heterocycles. The minimum Gasteiger partial charge on any atom is -0.343 e. The lowest BCUT2D eigenvalue weighted by molar-refractivity contribution is -0.119. The average molecular weight is 493 g/mol. The van der Waals surface area contributed by atoms with Crippen LogP contribution in [0.1, 0.15) is 5.56 Å². The van der Waals surface area contributed by atoms with E-state index < -0.39 is 10.0 Å². The van der Waals surface area contributed by atoms with E-state index in [0.717, 1.165) is 23.2 Å². The van der Waals surface area contributed by atoms with E-state index in [2.05, 4.69) is 15.3 Å². The number of nitrogens with one attached hydrogen (secondary N) is 1. The second kappa shape index (κ2) is 9.08. The zero-order chi connectivity index (χ0) is 24.6. The Balaban J connectivity index is 1.37. The fourth-order valence-corrected chi connectivity index (χ4v) is 5.67. The fourth-order valence-electron chi connectivity index (χ4n) is 4.25. The molecule has 3 heterocycles. The summed E-state index contributed by atoms with van der Waals surface area (Å²) in [5, 5.41) is 3.12. The highest BCUT2D eigenvalue weighted by atomic mass is 32.2. The number of fused-ring (bicyclic) bond motifs is 3. The van der Waals surface area contributed by atoms with Crippen molar-refractivity contribution in [3.8, 4) is 11.3 Å². The summed E-state index contributed by atoms with van der Waals surface area (Å²) in [5.74, 6) is 0.307. The third-order valence-corrected chi connectivity index (χ3v) is 8.18. The normalized spacial score (nSPS) is 16.3. The Labute approximate surface area is 203 Å². The first kappa shape index (κ1) is 22.9. The maximum absolute atomic E-state index is 13.0. The molecule has 0 unspecified atom stereocenters. The van der Waals surface area contributed by atoms with E-state index >= 15 is 0 Å². The zero-order valence-corrected chi connectivity index (χ0v) is 19.9. The van der Waals surface area contributed by atoms with Gasteiger partial charge in [0.15, 0.2) is 0 Å². The van der Waals surface area contributed by atoms with Gasteiger partial charge in [-0.1, -0.05) is 18.2 Å². The van der Waals surface area contributed by atoms with Gasteiger partial charge in [0.25, 0.3) is 0 Å². The van der Waals surface area contributed by atoms with Crippen molar-refractivity contribution in [2.24, 2.45) is 0 Å². The zero-order valence-electron chi connectivity index (χ0n) is 19.1. The van der Waals surface area contributed by atoms with Crippen LogP contribution in [0.2, 0.25) is 0 Å². The van der Waals surface area contributed by atoms with Gasteiger partial charge in [-0.05, 0) is 30.3 Å². The molecular formula is C24H24N6O4S. The smallest absolute Gasteiger partial charge is 0.243 e. The molecule has 0 bridgehead atoms. The number of nitrogens with zero attached hydrogens (tertiary/aromatic N) is 5. The van der Waals surface area contributed by atoms with Gasteiger partial charge in [-0.2, -0.15) is 4.31 Å². The monoisotopic (exact) mass is 492 g/mol. The Morgan fingerprint density at radius 1 is 1.00 bits per heavy atom. The van der Waals surface area contributed by atoms with Gasteiger partial charge in [-0.25, -0.2) is 18.4 Å². The molecule has 1 N–H and O–H groups in total. The van der Waals surface area contributed by atoms with E-state index in [4.69, 9.17) is 0 Å². The third kappa shape index (κ3) is 4.35. The lowest BCUT2D eigenvalue weighted by atomic mass is 10.1. The van der Waals surface area contributed by atoms with E-state index in [-0.39, 0.29) is 30.3 Å². The molecular weight excluding hydrogens is 468 g/mol. The first-order valence-electron chi connectivity index (χ1n) is 11.2. The number of carbonyl (C=O) groups excluding carboxylic acids is 2. The van der Waals surface area contributed by atoms with Crippen molar-refractivity contribution in [2.75, 3.05) is 43.4 Å². The number of benzene rings is 2. The van der Waals surface area contributed by atoms with Crippen molar-refractivity contribution in [3.05, 3.63) is 60.3 Å². The van der Waals surface area contributed by atoms with E-state index in [9.17, 15) is 18.0 Å². The fraction of sp³-hybridized carbons (Fsp3) is 0.250. The summed E-state index contributed by atoms with van der Waals surface area (Å²) in [7, 11) is -1.90. The number of aromatic nitrogens is 2. The van der Waals surface area contributed by atoms with Crippen molar-refractivity contribution in [3.63, 3.8) is 0 Å². The molecule has 11 heteroatoms. The number of piperazine rings is 1. The van der Waals surface area contributed by atoms with Crippen LogP contribution in [-0.2, 0) is 26.0 Å². The van der Waals surface area contributed by atoms with Crippen molar-refractivity contribution < 1.29 is 18.0 Å². The van der Waals surface area contributed by atoms with Gasteiger partial charge in [-0.15, -0.1) is 0 Å². The van der Waals surface area contributed by atoms with Crippen LogP contribution in [0.3, 0.4) is 0 Å². The molecule has 2 aliphatic rings. The Morgan fingerprint density at radius 3 is 2.43 bits per heavy atom. The van der Waals surface area contributed by atoms with Crippen LogP contribution in [0.4, 0.5) is 17.3 Å². The Morgan fingerprint density at radius 2 is 1.71 bits per heavy atom. The molecule has 10 nitrogen and oxygen atoms in total. The number of para-hydroxylation sites is 1. The molecule has 5 rings (SSSR count). The molecule has 1 fully saturated rings. The summed E-state index contributed by atoms with van der Waals surface area (Å²) < 4.78 is 27.3. The van der Waals surface area contributed by atoms with Crippen molar-refractivity contribution in [1.29, 1.82) is 0 Å². The number of hydrogen-bond acceptors (Lipinski definition) is 7. The maximum atomic E-state index is 13.0. The summed E-state index contributed by atoms with van der Waals surface area (Å²) in [6.45, 7) is 1.29.